The molecule has 0 bridgehead atoms. The molecule has 0 atom stereocenters. The molecule has 1 rings (SSSR count). The molecule has 0 aliphatic rings. The van der Waals surface area contributed by atoms with Crippen LogP contribution in [0.4, 0.5) is 0 Å². The van der Waals surface area contributed by atoms with Crippen LogP contribution in [0.2, 0.25) is 5.22 Å². The van der Waals surface area contributed by atoms with E-state index in [0.29, 0.717) is 4.31 Å². The van der Waals surface area contributed by atoms with Crippen molar-refractivity contribution in [2.75, 3.05) is 13.6 Å². The fraction of sp³-hybridized carbons (Fsp3) is 0.250. The monoisotopic (exact) mass is 297 g/mol. The van der Waals surface area contributed by atoms with Crippen LogP contribution < -0.4 is 0 Å². The quantitative estimate of drug-likeness (QED) is 0.802. The van der Waals surface area contributed by atoms with E-state index in [0.717, 1.165) is 13.1 Å². The zero-order valence-electron chi connectivity index (χ0n) is 8.95. The largest absolute Gasteiger partial charge is 0.480 e. The van der Waals surface area contributed by atoms with Crippen LogP contribution in [0.1, 0.15) is 10.6 Å². The molecule has 0 aliphatic carbocycles. The number of furan rings is 1. The minimum Gasteiger partial charge on any atom is -0.480 e. The van der Waals surface area contributed by atoms with Gasteiger partial charge in [0.05, 0.1) is 0 Å². The molecule has 1 aromatic rings. The molecule has 1 heterocycles. The van der Waals surface area contributed by atoms with Crippen LogP contribution in [0, 0.1) is 0 Å². The molecule has 0 aromatic carbocycles. The summed E-state index contributed by atoms with van der Waals surface area (Å²) in [6, 6.07) is 0.721. The normalized spacial score (nSPS) is 11.7. The molecule has 0 radical (unpaired) electrons. The van der Waals surface area contributed by atoms with Crippen LogP contribution >= 0.6 is 11.6 Å². The molecule has 0 fully saturated rings. The number of rotatable bonds is 5. The van der Waals surface area contributed by atoms with E-state index in [4.69, 9.17) is 21.8 Å². The number of likely N-dealkylation sites (N-methyl/N-ethyl adjacent to an activating group) is 1. The maximum atomic E-state index is 11.8. The van der Waals surface area contributed by atoms with E-state index in [2.05, 4.69) is 4.42 Å². The van der Waals surface area contributed by atoms with Crippen molar-refractivity contribution in [2.45, 2.75) is 4.90 Å². The van der Waals surface area contributed by atoms with Gasteiger partial charge in [0.2, 0.25) is 21.0 Å². The van der Waals surface area contributed by atoms with Gasteiger partial charge < -0.3 is 14.6 Å². The highest BCUT2D eigenvalue weighted by Crippen LogP contribution is 2.27. The predicted octanol–water partition coefficient (Wildman–Crippen LogP) is 0.336. The summed E-state index contributed by atoms with van der Waals surface area (Å²) in [6.45, 7) is -0.785. The van der Waals surface area contributed by atoms with Gasteiger partial charge in [-0.2, -0.15) is 4.31 Å². The summed E-state index contributed by atoms with van der Waals surface area (Å²) in [4.78, 5) is 20.4. The van der Waals surface area contributed by atoms with Gasteiger partial charge in [-0.15, -0.1) is 0 Å². The average Bonchev–Trinajstić information content (AvgIpc) is 2.59. The summed E-state index contributed by atoms with van der Waals surface area (Å²) in [7, 11) is -3.19. The molecule has 2 N–H and O–H groups in total. The number of nitrogens with zero attached hydrogens (tertiary/aromatic N) is 1. The van der Waals surface area contributed by atoms with Crippen molar-refractivity contribution in [1.82, 2.24) is 4.31 Å². The molecular formula is C8H8ClNO7S. The molecule has 0 unspecified atom stereocenters. The Kier molecular flexibility index (Phi) is 3.99. The van der Waals surface area contributed by atoms with Gasteiger partial charge >= 0.3 is 11.9 Å². The van der Waals surface area contributed by atoms with Gasteiger partial charge in [0, 0.05) is 13.1 Å². The van der Waals surface area contributed by atoms with Crippen LogP contribution in [0.5, 0.6) is 0 Å². The topological polar surface area (TPSA) is 125 Å². The lowest BCUT2D eigenvalue weighted by Crippen LogP contribution is -2.31. The fourth-order valence-electron chi connectivity index (χ4n) is 1.08. The number of carbonyl (C=O) groups is 2. The number of aromatic carboxylic acids is 1. The van der Waals surface area contributed by atoms with Gasteiger partial charge in [-0.05, 0) is 11.6 Å². The van der Waals surface area contributed by atoms with Crippen LogP contribution in [-0.2, 0) is 14.8 Å². The molecule has 0 amide bonds. The molecule has 0 spiro atoms. The average molecular weight is 298 g/mol. The highest BCUT2D eigenvalue weighted by molar-refractivity contribution is 7.89. The molecular weight excluding hydrogens is 290 g/mol. The Morgan fingerprint density at radius 3 is 2.39 bits per heavy atom. The van der Waals surface area contributed by atoms with E-state index in [1.54, 1.807) is 0 Å². The fourth-order valence-corrected chi connectivity index (χ4v) is 2.62. The highest BCUT2D eigenvalue weighted by Gasteiger charge is 2.29. The molecule has 10 heteroatoms. The first-order valence-corrected chi connectivity index (χ1v) is 6.19. The minimum absolute atomic E-state index is 0.512. The molecule has 8 nitrogen and oxygen atoms in total. The Hall–Kier alpha value is -1.58. The zero-order valence-corrected chi connectivity index (χ0v) is 10.5. The molecule has 0 aliphatic heterocycles. The lowest BCUT2D eigenvalue weighted by molar-refractivity contribution is -0.137. The van der Waals surface area contributed by atoms with Gasteiger partial charge in [-0.1, -0.05) is 0 Å². The van der Waals surface area contributed by atoms with Crippen LogP contribution in [-0.4, -0.2) is 48.5 Å². The number of aliphatic carboxylic acids is 1. The second kappa shape index (κ2) is 4.96. The summed E-state index contributed by atoms with van der Waals surface area (Å²) < 4.78 is 28.7. The summed E-state index contributed by atoms with van der Waals surface area (Å²) in [5.74, 6) is -3.50. The van der Waals surface area contributed by atoms with Gasteiger partial charge in [-0.25, -0.2) is 13.2 Å². The van der Waals surface area contributed by atoms with E-state index in [1.165, 1.54) is 0 Å². The number of hydrogen-bond donors (Lipinski definition) is 2. The van der Waals surface area contributed by atoms with Crippen molar-refractivity contribution in [3.8, 4) is 0 Å². The van der Waals surface area contributed by atoms with Gasteiger partial charge in [0.25, 0.3) is 0 Å². The van der Waals surface area contributed by atoms with Crippen molar-refractivity contribution in [3.05, 3.63) is 17.0 Å². The Morgan fingerprint density at radius 2 is 2.00 bits per heavy atom. The third-order valence-corrected chi connectivity index (χ3v) is 4.11. The first kappa shape index (κ1) is 14.5. The van der Waals surface area contributed by atoms with Crippen molar-refractivity contribution >= 4 is 33.6 Å². The second-order valence-electron chi connectivity index (χ2n) is 3.21. The summed E-state index contributed by atoms with van der Waals surface area (Å²) in [5, 5.41) is 16.5. The van der Waals surface area contributed by atoms with E-state index in [1.807, 2.05) is 0 Å². The molecule has 0 saturated carbocycles. The Balaban J connectivity index is 3.20. The van der Waals surface area contributed by atoms with Crippen molar-refractivity contribution in [1.29, 1.82) is 0 Å². The molecule has 1 aromatic heterocycles. The summed E-state index contributed by atoms with van der Waals surface area (Å²) in [5.41, 5.74) is 0. The molecule has 100 valence electrons. The number of halogens is 1. The molecule has 18 heavy (non-hydrogen) atoms. The summed E-state index contributed by atoms with van der Waals surface area (Å²) >= 11 is 5.47. The van der Waals surface area contributed by atoms with Gasteiger partial charge in [0.1, 0.15) is 11.4 Å². The Morgan fingerprint density at radius 1 is 1.44 bits per heavy atom. The van der Waals surface area contributed by atoms with Crippen molar-refractivity contribution in [3.63, 3.8) is 0 Å². The van der Waals surface area contributed by atoms with Crippen LogP contribution in [0.15, 0.2) is 15.4 Å². The first-order chi connectivity index (χ1) is 8.16. The maximum Gasteiger partial charge on any atom is 0.371 e. The summed E-state index contributed by atoms with van der Waals surface area (Å²) in [6.07, 6.45) is 0. The lowest BCUT2D eigenvalue weighted by Gasteiger charge is -2.13. The zero-order chi connectivity index (χ0) is 14.1. The minimum atomic E-state index is -4.21. The number of carboxylic acid groups (broad SMARTS) is 2. The van der Waals surface area contributed by atoms with E-state index >= 15 is 0 Å². The first-order valence-electron chi connectivity index (χ1n) is 4.37. The Bertz CT molecular complexity index is 591. The van der Waals surface area contributed by atoms with Crippen molar-refractivity contribution in [2.24, 2.45) is 0 Å². The van der Waals surface area contributed by atoms with E-state index in [-0.39, 0.29) is 0 Å². The van der Waals surface area contributed by atoms with E-state index in [9.17, 15) is 18.0 Å². The standard InChI is InChI=1S/C8H8ClNO7S/c1-10(3-6(11)12)18(15,16)5-2-4(8(13)14)17-7(5)9/h2H,3H2,1H3,(H,11,12)(H,13,14). The lowest BCUT2D eigenvalue weighted by atomic mass is 10.5. The van der Waals surface area contributed by atoms with Crippen LogP contribution in [0.25, 0.3) is 0 Å². The van der Waals surface area contributed by atoms with Gasteiger partial charge in [0.15, 0.2) is 0 Å². The number of carboxylic acids is 2. The number of sulfonamides is 1. The SMILES string of the molecule is CN(CC(=O)O)S(=O)(=O)c1cc(C(=O)O)oc1Cl. The Labute approximate surface area is 106 Å². The van der Waals surface area contributed by atoms with Gasteiger partial charge in [-0.3, -0.25) is 4.79 Å². The smallest absolute Gasteiger partial charge is 0.371 e. The maximum absolute atomic E-state index is 11.8. The molecule has 0 saturated heterocycles. The van der Waals surface area contributed by atoms with Crippen LogP contribution in [0.3, 0.4) is 0 Å². The predicted molar refractivity (Wildman–Crippen MR) is 58.1 cm³/mol. The third-order valence-electron chi connectivity index (χ3n) is 1.91. The third kappa shape index (κ3) is 2.81. The number of hydrogen-bond acceptors (Lipinski definition) is 5. The van der Waals surface area contributed by atoms with Crippen molar-refractivity contribution < 1.29 is 32.6 Å². The van der Waals surface area contributed by atoms with E-state index < -0.39 is 44.4 Å². The highest BCUT2D eigenvalue weighted by atomic mass is 35.5. The second-order valence-corrected chi connectivity index (χ2v) is 5.57.